The quantitative estimate of drug-likeness (QED) is 0.717. The van der Waals surface area contributed by atoms with Crippen LogP contribution in [0.3, 0.4) is 0 Å². The topological polar surface area (TPSA) is 26.3 Å². The van der Waals surface area contributed by atoms with Gasteiger partial charge >= 0.3 is 0 Å². The van der Waals surface area contributed by atoms with Gasteiger partial charge in [0.25, 0.3) is 0 Å². The number of ether oxygens (including phenoxy) is 1. The molecule has 0 N–H and O–H groups in total. The van der Waals surface area contributed by atoms with Gasteiger partial charge in [-0.3, -0.25) is 4.79 Å². The molecule has 2 nitrogen and oxygen atoms in total. The maximum absolute atomic E-state index is 12.4. The monoisotopic (exact) mass is 322 g/mol. The van der Waals surface area contributed by atoms with Crippen LogP contribution in [0.4, 0.5) is 0 Å². The summed E-state index contributed by atoms with van der Waals surface area (Å²) in [5, 5.41) is 0.944. The molecule has 4 heteroatoms. The number of hydrogen-bond donors (Lipinski definition) is 0. The SMILES string of the molecule is Cc1ccc(C(=O)C(C)Oc2cc(Cl)ccc2Cl)cc1C. The number of carbonyl (C=O) groups is 1. The van der Waals surface area contributed by atoms with E-state index in [1.807, 2.05) is 32.0 Å². The molecular formula is C17H16Cl2O2. The zero-order valence-electron chi connectivity index (χ0n) is 12.1. The van der Waals surface area contributed by atoms with E-state index in [0.29, 0.717) is 21.4 Å². The summed E-state index contributed by atoms with van der Waals surface area (Å²) in [7, 11) is 0. The first-order chi connectivity index (χ1) is 9.88. The van der Waals surface area contributed by atoms with Crippen LogP contribution in [-0.2, 0) is 0 Å². The van der Waals surface area contributed by atoms with Crippen LogP contribution in [0.5, 0.6) is 5.75 Å². The lowest BCUT2D eigenvalue weighted by atomic mass is 10.0. The number of ketones is 1. The van der Waals surface area contributed by atoms with Gasteiger partial charge in [-0.15, -0.1) is 0 Å². The van der Waals surface area contributed by atoms with E-state index in [-0.39, 0.29) is 5.78 Å². The van der Waals surface area contributed by atoms with Crippen molar-refractivity contribution in [3.8, 4) is 5.75 Å². The molecule has 0 radical (unpaired) electrons. The van der Waals surface area contributed by atoms with Crippen molar-refractivity contribution in [2.75, 3.05) is 0 Å². The molecule has 110 valence electrons. The Hall–Kier alpha value is -1.51. The number of carbonyl (C=O) groups excluding carboxylic acids is 1. The van der Waals surface area contributed by atoms with Crippen molar-refractivity contribution in [3.05, 3.63) is 63.1 Å². The molecular weight excluding hydrogens is 307 g/mol. The molecule has 0 saturated heterocycles. The standard InChI is InChI=1S/C17H16Cl2O2/c1-10-4-5-13(8-11(10)2)17(20)12(3)21-16-9-14(18)6-7-15(16)19/h4-9,12H,1-3H3. The maximum atomic E-state index is 12.4. The zero-order chi connectivity index (χ0) is 15.6. The lowest BCUT2D eigenvalue weighted by molar-refractivity contribution is 0.0818. The summed E-state index contributed by atoms with van der Waals surface area (Å²) in [5.74, 6) is 0.322. The predicted molar refractivity (Wildman–Crippen MR) is 86.8 cm³/mol. The third-order valence-electron chi connectivity index (χ3n) is 3.36. The van der Waals surface area contributed by atoms with Gasteiger partial charge in [0.05, 0.1) is 5.02 Å². The molecule has 0 spiro atoms. The lowest BCUT2D eigenvalue weighted by Crippen LogP contribution is -2.24. The van der Waals surface area contributed by atoms with Gasteiger partial charge in [-0.2, -0.15) is 0 Å². The molecule has 2 aromatic carbocycles. The Labute approximate surface area is 134 Å². The Balaban J connectivity index is 2.19. The van der Waals surface area contributed by atoms with E-state index >= 15 is 0 Å². The first-order valence-corrected chi connectivity index (χ1v) is 7.37. The summed E-state index contributed by atoms with van der Waals surface area (Å²) >= 11 is 12.0. The van der Waals surface area contributed by atoms with Crippen LogP contribution in [0.2, 0.25) is 10.0 Å². The van der Waals surface area contributed by atoms with Crippen LogP contribution in [0.25, 0.3) is 0 Å². The van der Waals surface area contributed by atoms with Gasteiger partial charge in [-0.05, 0) is 50.1 Å². The molecule has 0 heterocycles. The maximum Gasteiger partial charge on any atom is 0.203 e. The number of halogens is 2. The minimum absolute atomic E-state index is 0.0888. The van der Waals surface area contributed by atoms with Gasteiger partial charge in [-0.1, -0.05) is 35.3 Å². The van der Waals surface area contributed by atoms with Gasteiger partial charge in [0.1, 0.15) is 5.75 Å². The van der Waals surface area contributed by atoms with E-state index in [4.69, 9.17) is 27.9 Å². The van der Waals surface area contributed by atoms with Crippen molar-refractivity contribution in [2.24, 2.45) is 0 Å². The first-order valence-electron chi connectivity index (χ1n) is 6.61. The average Bonchev–Trinajstić information content (AvgIpc) is 2.45. The lowest BCUT2D eigenvalue weighted by Gasteiger charge is -2.15. The molecule has 0 aromatic heterocycles. The second-order valence-corrected chi connectivity index (χ2v) is 5.84. The number of hydrogen-bond acceptors (Lipinski definition) is 2. The normalized spacial score (nSPS) is 12.0. The van der Waals surface area contributed by atoms with Crippen LogP contribution in [0, 0.1) is 13.8 Å². The van der Waals surface area contributed by atoms with E-state index in [9.17, 15) is 4.79 Å². The summed E-state index contributed by atoms with van der Waals surface area (Å²) in [6.45, 7) is 5.69. The van der Waals surface area contributed by atoms with Crippen molar-refractivity contribution < 1.29 is 9.53 Å². The van der Waals surface area contributed by atoms with Gasteiger partial charge in [0.15, 0.2) is 6.10 Å². The minimum atomic E-state index is -0.636. The summed E-state index contributed by atoms with van der Waals surface area (Å²) in [6, 6.07) is 10.5. The van der Waals surface area contributed by atoms with Crippen LogP contribution in [0.15, 0.2) is 36.4 Å². The second kappa shape index (κ2) is 6.50. The van der Waals surface area contributed by atoms with Crippen LogP contribution < -0.4 is 4.74 Å². The van der Waals surface area contributed by atoms with E-state index in [1.165, 1.54) is 0 Å². The molecule has 0 aliphatic heterocycles. The smallest absolute Gasteiger partial charge is 0.203 e. The van der Waals surface area contributed by atoms with Crippen molar-refractivity contribution in [2.45, 2.75) is 26.9 Å². The highest BCUT2D eigenvalue weighted by Gasteiger charge is 2.18. The largest absolute Gasteiger partial charge is 0.481 e. The number of Topliss-reactive ketones (excluding diaryl/α,β-unsaturated/α-hetero) is 1. The molecule has 0 amide bonds. The molecule has 2 rings (SSSR count). The number of benzene rings is 2. The van der Waals surface area contributed by atoms with Crippen LogP contribution in [-0.4, -0.2) is 11.9 Å². The molecule has 0 saturated carbocycles. The van der Waals surface area contributed by atoms with Gasteiger partial charge < -0.3 is 4.74 Å². The Morgan fingerprint density at radius 3 is 2.43 bits per heavy atom. The van der Waals surface area contributed by atoms with Crippen LogP contribution in [0.1, 0.15) is 28.4 Å². The fourth-order valence-electron chi connectivity index (χ4n) is 1.94. The van der Waals surface area contributed by atoms with Gasteiger partial charge in [-0.25, -0.2) is 0 Å². The zero-order valence-corrected chi connectivity index (χ0v) is 13.6. The Kier molecular flexibility index (Phi) is 4.92. The highest BCUT2D eigenvalue weighted by molar-refractivity contribution is 6.34. The van der Waals surface area contributed by atoms with Crippen LogP contribution >= 0.6 is 23.2 Å². The second-order valence-electron chi connectivity index (χ2n) is 5.00. The fraction of sp³-hybridized carbons (Fsp3) is 0.235. The molecule has 21 heavy (non-hydrogen) atoms. The Morgan fingerprint density at radius 2 is 1.76 bits per heavy atom. The molecule has 1 unspecified atom stereocenters. The van der Waals surface area contributed by atoms with E-state index in [0.717, 1.165) is 11.1 Å². The third kappa shape index (κ3) is 3.78. The summed E-state index contributed by atoms with van der Waals surface area (Å²) in [6.07, 6.45) is -0.636. The fourth-order valence-corrected chi connectivity index (χ4v) is 2.27. The molecule has 0 fully saturated rings. The Morgan fingerprint density at radius 1 is 1.05 bits per heavy atom. The average molecular weight is 323 g/mol. The van der Waals surface area contributed by atoms with Crippen molar-refractivity contribution >= 4 is 29.0 Å². The molecule has 0 aliphatic carbocycles. The number of rotatable bonds is 4. The van der Waals surface area contributed by atoms with Crippen molar-refractivity contribution in [1.82, 2.24) is 0 Å². The van der Waals surface area contributed by atoms with Gasteiger partial charge in [0, 0.05) is 16.7 Å². The molecule has 0 bridgehead atoms. The third-order valence-corrected chi connectivity index (χ3v) is 3.90. The Bertz CT molecular complexity index is 680. The predicted octanol–water partition coefficient (Wildman–Crippen LogP) is 5.26. The van der Waals surface area contributed by atoms with E-state index < -0.39 is 6.10 Å². The van der Waals surface area contributed by atoms with Gasteiger partial charge in [0.2, 0.25) is 5.78 Å². The molecule has 2 aromatic rings. The summed E-state index contributed by atoms with van der Waals surface area (Å²) in [5.41, 5.74) is 2.86. The van der Waals surface area contributed by atoms with E-state index in [1.54, 1.807) is 25.1 Å². The first kappa shape index (κ1) is 15.9. The van der Waals surface area contributed by atoms with E-state index in [2.05, 4.69) is 0 Å². The molecule has 1 atom stereocenters. The molecule has 0 aliphatic rings. The summed E-state index contributed by atoms with van der Waals surface area (Å²) < 4.78 is 5.65. The van der Waals surface area contributed by atoms with Crippen molar-refractivity contribution in [1.29, 1.82) is 0 Å². The van der Waals surface area contributed by atoms with Crippen molar-refractivity contribution in [3.63, 3.8) is 0 Å². The highest BCUT2D eigenvalue weighted by Crippen LogP contribution is 2.29. The highest BCUT2D eigenvalue weighted by atomic mass is 35.5. The summed E-state index contributed by atoms with van der Waals surface area (Å²) in [4.78, 5) is 12.4. The minimum Gasteiger partial charge on any atom is -0.481 e. The number of aryl methyl sites for hydroxylation is 2.